The molecule has 1 saturated heterocycles. The van der Waals surface area contributed by atoms with Gasteiger partial charge in [0.05, 0.1) is 0 Å². The summed E-state index contributed by atoms with van der Waals surface area (Å²) in [4.78, 5) is 36.5. The maximum atomic E-state index is 13.0. The zero-order chi connectivity index (χ0) is 18.8. The third kappa shape index (κ3) is 3.53. The third-order valence-corrected chi connectivity index (χ3v) is 5.28. The van der Waals surface area contributed by atoms with Crippen LogP contribution in [-0.2, 0) is 6.42 Å². The van der Waals surface area contributed by atoms with Gasteiger partial charge in [0.15, 0.2) is 5.78 Å². The van der Waals surface area contributed by atoms with Gasteiger partial charge in [0.2, 0.25) is 0 Å². The summed E-state index contributed by atoms with van der Waals surface area (Å²) in [6, 6.07) is 3.95. The first-order valence-electron chi connectivity index (χ1n) is 8.80. The molecule has 1 fully saturated rings. The second-order valence-electron chi connectivity index (χ2n) is 6.50. The van der Waals surface area contributed by atoms with E-state index in [1.807, 2.05) is 30.9 Å². The van der Waals surface area contributed by atoms with Crippen molar-refractivity contribution in [2.24, 2.45) is 0 Å². The predicted octanol–water partition coefficient (Wildman–Crippen LogP) is 3.21. The number of nitrogens with zero attached hydrogens (tertiary/aromatic N) is 3. The van der Waals surface area contributed by atoms with Crippen LogP contribution in [0.1, 0.15) is 46.0 Å². The van der Waals surface area contributed by atoms with E-state index in [1.165, 1.54) is 0 Å². The number of anilines is 1. The van der Waals surface area contributed by atoms with Gasteiger partial charge < -0.3 is 14.8 Å². The Morgan fingerprint density at radius 2 is 1.92 bits per heavy atom. The molecular weight excluding hydrogens is 396 g/mol. The topological polar surface area (TPSA) is 69.3 Å². The van der Waals surface area contributed by atoms with Crippen molar-refractivity contribution in [3.8, 4) is 0 Å². The molecule has 3 rings (SSSR count). The molecule has 0 aliphatic carbocycles. The number of aromatic amines is 1. The second kappa shape index (κ2) is 7.61. The number of halogens is 1. The number of carbonyl (C=O) groups is 2. The van der Waals surface area contributed by atoms with E-state index in [0.717, 1.165) is 34.6 Å². The largest absolute Gasteiger partial charge is 0.354 e. The summed E-state index contributed by atoms with van der Waals surface area (Å²) in [5.41, 5.74) is 2.83. The lowest BCUT2D eigenvalue weighted by atomic mass is 10.0. The van der Waals surface area contributed by atoms with Crippen molar-refractivity contribution < 1.29 is 9.59 Å². The zero-order valence-corrected chi connectivity index (χ0v) is 16.9. The van der Waals surface area contributed by atoms with E-state index < -0.39 is 0 Å². The van der Waals surface area contributed by atoms with E-state index in [0.29, 0.717) is 30.8 Å². The van der Waals surface area contributed by atoms with E-state index in [1.54, 1.807) is 13.1 Å². The molecule has 0 atom stereocenters. The van der Waals surface area contributed by atoms with Crippen molar-refractivity contribution >= 4 is 33.4 Å². The van der Waals surface area contributed by atoms with Crippen molar-refractivity contribution in [2.45, 2.75) is 27.2 Å². The fraction of sp³-hybridized carbons (Fsp3) is 0.421. The summed E-state index contributed by atoms with van der Waals surface area (Å²) in [6.45, 7) is 8.11. The van der Waals surface area contributed by atoms with Gasteiger partial charge in [0.25, 0.3) is 5.91 Å². The Morgan fingerprint density at radius 1 is 1.23 bits per heavy atom. The number of rotatable bonds is 4. The molecular formula is C19H23BrN4O2. The molecule has 0 spiro atoms. The minimum absolute atomic E-state index is 0.000724. The fourth-order valence-electron chi connectivity index (χ4n) is 3.54. The number of amides is 1. The molecule has 26 heavy (non-hydrogen) atoms. The summed E-state index contributed by atoms with van der Waals surface area (Å²) in [7, 11) is 0. The predicted molar refractivity (Wildman–Crippen MR) is 105 cm³/mol. The highest BCUT2D eigenvalue weighted by Crippen LogP contribution is 2.23. The average molecular weight is 419 g/mol. The minimum Gasteiger partial charge on any atom is -0.354 e. The lowest BCUT2D eigenvalue weighted by molar-refractivity contribution is 0.0740. The molecule has 0 bridgehead atoms. The molecule has 2 aromatic heterocycles. The molecule has 0 saturated carbocycles. The molecule has 0 radical (unpaired) electrons. The Kier molecular flexibility index (Phi) is 5.46. The van der Waals surface area contributed by atoms with Crippen LogP contribution in [0.15, 0.2) is 22.8 Å². The van der Waals surface area contributed by atoms with Gasteiger partial charge in [-0.3, -0.25) is 9.59 Å². The Labute approximate surface area is 161 Å². The Hall–Kier alpha value is -2.15. The smallest absolute Gasteiger partial charge is 0.270 e. The van der Waals surface area contributed by atoms with Gasteiger partial charge >= 0.3 is 0 Å². The SMILES string of the molecule is CCc1c(C(=O)N2CCN(c3ccc(Br)cn3)CC2)[nH]c(C)c1C(C)=O. The number of piperazine rings is 1. The van der Waals surface area contributed by atoms with Crippen molar-refractivity contribution in [1.82, 2.24) is 14.9 Å². The number of carbonyl (C=O) groups excluding carboxylic acids is 2. The van der Waals surface area contributed by atoms with Crippen molar-refractivity contribution in [3.05, 3.63) is 45.3 Å². The Morgan fingerprint density at radius 3 is 2.46 bits per heavy atom. The second-order valence-corrected chi connectivity index (χ2v) is 7.42. The number of hydrogen-bond donors (Lipinski definition) is 1. The number of ketones is 1. The van der Waals surface area contributed by atoms with Crippen molar-refractivity contribution in [3.63, 3.8) is 0 Å². The normalized spacial score (nSPS) is 14.6. The highest BCUT2D eigenvalue weighted by atomic mass is 79.9. The molecule has 0 unspecified atom stereocenters. The van der Waals surface area contributed by atoms with Crippen LogP contribution in [0, 0.1) is 6.92 Å². The number of pyridine rings is 1. The highest BCUT2D eigenvalue weighted by Gasteiger charge is 2.28. The number of aryl methyl sites for hydroxylation is 1. The molecule has 138 valence electrons. The lowest BCUT2D eigenvalue weighted by Gasteiger charge is -2.35. The molecule has 7 heteroatoms. The van der Waals surface area contributed by atoms with E-state index >= 15 is 0 Å². The first-order valence-corrected chi connectivity index (χ1v) is 9.59. The van der Waals surface area contributed by atoms with Gasteiger partial charge in [-0.25, -0.2) is 4.98 Å². The van der Waals surface area contributed by atoms with Crippen LogP contribution in [0.2, 0.25) is 0 Å². The van der Waals surface area contributed by atoms with E-state index in [-0.39, 0.29) is 11.7 Å². The Bertz CT molecular complexity index is 821. The van der Waals surface area contributed by atoms with Crippen LogP contribution in [-0.4, -0.2) is 52.7 Å². The van der Waals surface area contributed by atoms with Crippen molar-refractivity contribution in [1.29, 1.82) is 0 Å². The minimum atomic E-state index is -0.0270. The van der Waals surface area contributed by atoms with E-state index in [2.05, 4.69) is 30.8 Å². The van der Waals surface area contributed by atoms with E-state index in [4.69, 9.17) is 0 Å². The molecule has 1 aliphatic heterocycles. The number of nitrogens with one attached hydrogen (secondary N) is 1. The monoisotopic (exact) mass is 418 g/mol. The number of H-pyrrole nitrogens is 1. The molecule has 6 nitrogen and oxygen atoms in total. The summed E-state index contributed by atoms with van der Waals surface area (Å²) in [6.07, 6.45) is 2.44. The van der Waals surface area contributed by atoms with Gasteiger partial charge in [0.1, 0.15) is 11.5 Å². The third-order valence-electron chi connectivity index (χ3n) is 4.81. The van der Waals surface area contributed by atoms with Gasteiger partial charge in [-0.05, 0) is 53.9 Å². The number of hydrogen-bond acceptors (Lipinski definition) is 4. The van der Waals surface area contributed by atoms with Crippen LogP contribution >= 0.6 is 15.9 Å². The molecule has 1 amide bonds. The van der Waals surface area contributed by atoms with Crippen LogP contribution in [0.5, 0.6) is 0 Å². The number of Topliss-reactive ketones (excluding diaryl/α,β-unsaturated/α-hetero) is 1. The standard InChI is InChI=1S/C19H23BrN4O2/c1-4-15-17(13(3)25)12(2)22-18(15)19(26)24-9-7-23(8-10-24)16-6-5-14(20)11-21-16/h5-6,11,22H,4,7-10H2,1-3H3. The van der Waals surface area contributed by atoms with Crippen LogP contribution in [0.25, 0.3) is 0 Å². The first kappa shape index (κ1) is 18.6. The van der Waals surface area contributed by atoms with Crippen LogP contribution in [0.4, 0.5) is 5.82 Å². The van der Waals surface area contributed by atoms with Crippen LogP contribution in [0.3, 0.4) is 0 Å². The zero-order valence-electron chi connectivity index (χ0n) is 15.3. The Balaban J connectivity index is 1.74. The van der Waals surface area contributed by atoms with E-state index in [9.17, 15) is 9.59 Å². The first-order chi connectivity index (χ1) is 12.4. The molecule has 1 aliphatic rings. The molecule has 3 heterocycles. The van der Waals surface area contributed by atoms with Gasteiger partial charge in [-0.15, -0.1) is 0 Å². The summed E-state index contributed by atoms with van der Waals surface area (Å²) in [5.74, 6) is 0.894. The van der Waals surface area contributed by atoms with Gasteiger partial charge in [-0.2, -0.15) is 0 Å². The fourth-order valence-corrected chi connectivity index (χ4v) is 3.78. The van der Waals surface area contributed by atoms with Crippen molar-refractivity contribution in [2.75, 3.05) is 31.1 Å². The molecule has 0 aromatic carbocycles. The number of aromatic nitrogens is 2. The molecule has 1 N–H and O–H groups in total. The lowest BCUT2D eigenvalue weighted by Crippen LogP contribution is -2.49. The highest BCUT2D eigenvalue weighted by molar-refractivity contribution is 9.10. The molecule has 2 aromatic rings. The van der Waals surface area contributed by atoms with Gasteiger partial charge in [-0.1, -0.05) is 6.92 Å². The quantitative estimate of drug-likeness (QED) is 0.773. The summed E-state index contributed by atoms with van der Waals surface area (Å²) >= 11 is 3.39. The summed E-state index contributed by atoms with van der Waals surface area (Å²) in [5, 5.41) is 0. The maximum Gasteiger partial charge on any atom is 0.270 e. The van der Waals surface area contributed by atoms with Crippen LogP contribution < -0.4 is 4.90 Å². The average Bonchev–Trinajstić information content (AvgIpc) is 2.98. The van der Waals surface area contributed by atoms with Gasteiger partial charge in [0, 0.05) is 48.1 Å². The summed E-state index contributed by atoms with van der Waals surface area (Å²) < 4.78 is 0.950. The maximum absolute atomic E-state index is 13.0.